The van der Waals surface area contributed by atoms with E-state index < -0.39 is 0 Å². The first-order valence-electron chi connectivity index (χ1n) is 8.31. The molecule has 0 bridgehead atoms. The molecule has 1 aliphatic heterocycles. The third-order valence-corrected chi connectivity index (χ3v) is 4.60. The molecule has 0 atom stereocenters. The molecule has 1 N–H and O–H groups in total. The zero-order valence-electron chi connectivity index (χ0n) is 13.3. The maximum Gasteiger partial charge on any atom is 0.148 e. The highest BCUT2D eigenvalue weighted by Gasteiger charge is 2.12. The number of anilines is 1. The Hall–Kier alpha value is -1.65. The maximum absolute atomic E-state index is 6.11. The van der Waals surface area contributed by atoms with Crippen molar-refractivity contribution in [3.63, 3.8) is 0 Å². The van der Waals surface area contributed by atoms with Gasteiger partial charge in [-0.25, -0.2) is 9.97 Å². The molecule has 1 aliphatic rings. The van der Waals surface area contributed by atoms with E-state index in [1.54, 1.807) is 6.20 Å². The van der Waals surface area contributed by atoms with Crippen molar-refractivity contribution < 1.29 is 0 Å². The molecule has 1 saturated heterocycles. The Labute approximate surface area is 142 Å². The van der Waals surface area contributed by atoms with Crippen LogP contribution in [0.2, 0.25) is 5.02 Å². The molecule has 0 spiro atoms. The second kappa shape index (κ2) is 8.27. The Morgan fingerprint density at radius 2 is 1.78 bits per heavy atom. The van der Waals surface area contributed by atoms with E-state index in [0.29, 0.717) is 10.8 Å². The standard InChI is InChI=1S/C18H23ClN4/c19-17-12-20-14-22-18(17)21-11-15-7-3-4-8-16(15)13-23-9-5-1-2-6-10-23/h3-4,7-8,12,14H,1-2,5-6,9-11,13H2,(H,20,21,22). The molecule has 0 saturated carbocycles. The first-order chi connectivity index (χ1) is 11.3. The number of aromatic nitrogens is 2. The zero-order valence-corrected chi connectivity index (χ0v) is 14.1. The first-order valence-corrected chi connectivity index (χ1v) is 8.69. The molecular weight excluding hydrogens is 308 g/mol. The lowest BCUT2D eigenvalue weighted by molar-refractivity contribution is 0.276. The molecule has 0 unspecified atom stereocenters. The minimum absolute atomic E-state index is 0.553. The van der Waals surface area contributed by atoms with Crippen molar-refractivity contribution in [2.45, 2.75) is 38.8 Å². The van der Waals surface area contributed by atoms with Gasteiger partial charge in [0.05, 0.1) is 6.20 Å². The highest BCUT2D eigenvalue weighted by Crippen LogP contribution is 2.20. The summed E-state index contributed by atoms with van der Waals surface area (Å²) in [6, 6.07) is 8.61. The minimum Gasteiger partial charge on any atom is -0.365 e. The van der Waals surface area contributed by atoms with Crippen LogP contribution in [0.15, 0.2) is 36.8 Å². The largest absolute Gasteiger partial charge is 0.365 e. The van der Waals surface area contributed by atoms with E-state index in [2.05, 4.69) is 44.5 Å². The average Bonchev–Trinajstić information content (AvgIpc) is 2.84. The number of rotatable bonds is 5. The van der Waals surface area contributed by atoms with Gasteiger partial charge in [0.1, 0.15) is 17.2 Å². The SMILES string of the molecule is Clc1cncnc1NCc1ccccc1CN1CCCCCC1. The number of likely N-dealkylation sites (tertiary alicyclic amines) is 1. The summed E-state index contributed by atoms with van der Waals surface area (Å²) >= 11 is 6.11. The van der Waals surface area contributed by atoms with Crippen LogP contribution in [0, 0.1) is 0 Å². The van der Waals surface area contributed by atoms with Gasteiger partial charge in [-0.15, -0.1) is 0 Å². The first kappa shape index (κ1) is 16.2. The van der Waals surface area contributed by atoms with E-state index in [0.717, 1.165) is 13.1 Å². The molecule has 122 valence electrons. The summed E-state index contributed by atoms with van der Waals surface area (Å²) in [7, 11) is 0. The van der Waals surface area contributed by atoms with Crippen LogP contribution < -0.4 is 5.32 Å². The minimum atomic E-state index is 0.553. The van der Waals surface area contributed by atoms with Crippen LogP contribution in [0.3, 0.4) is 0 Å². The molecule has 1 aromatic carbocycles. The van der Waals surface area contributed by atoms with Crippen LogP contribution in [0.25, 0.3) is 0 Å². The quantitative estimate of drug-likeness (QED) is 0.895. The van der Waals surface area contributed by atoms with Crippen molar-refractivity contribution >= 4 is 17.4 Å². The normalized spacial score (nSPS) is 16.0. The number of halogens is 1. The van der Waals surface area contributed by atoms with E-state index in [1.165, 1.54) is 56.2 Å². The number of hydrogen-bond donors (Lipinski definition) is 1. The molecule has 2 heterocycles. The van der Waals surface area contributed by atoms with E-state index in [-0.39, 0.29) is 0 Å². The molecule has 23 heavy (non-hydrogen) atoms. The van der Waals surface area contributed by atoms with Crippen molar-refractivity contribution in [3.8, 4) is 0 Å². The van der Waals surface area contributed by atoms with Gasteiger partial charge in [0.2, 0.25) is 0 Å². The lowest BCUT2D eigenvalue weighted by Gasteiger charge is -2.21. The summed E-state index contributed by atoms with van der Waals surface area (Å²) in [6.45, 7) is 4.16. The van der Waals surface area contributed by atoms with Crippen LogP contribution in [0.5, 0.6) is 0 Å². The average molecular weight is 331 g/mol. The second-order valence-electron chi connectivity index (χ2n) is 6.03. The van der Waals surface area contributed by atoms with Gasteiger partial charge in [0, 0.05) is 13.1 Å². The van der Waals surface area contributed by atoms with Gasteiger partial charge in [-0.1, -0.05) is 48.7 Å². The number of nitrogens with zero attached hydrogens (tertiary/aromatic N) is 3. The third kappa shape index (κ3) is 4.66. The molecular formula is C18H23ClN4. The fraction of sp³-hybridized carbons (Fsp3) is 0.444. The van der Waals surface area contributed by atoms with Crippen molar-refractivity contribution in [1.82, 2.24) is 14.9 Å². The molecule has 1 fully saturated rings. The van der Waals surface area contributed by atoms with Gasteiger partial charge in [0.25, 0.3) is 0 Å². The van der Waals surface area contributed by atoms with Crippen LogP contribution in [0.1, 0.15) is 36.8 Å². The molecule has 0 radical (unpaired) electrons. The lowest BCUT2D eigenvalue weighted by Crippen LogP contribution is -2.24. The highest BCUT2D eigenvalue weighted by atomic mass is 35.5. The number of nitrogens with one attached hydrogen (secondary N) is 1. The smallest absolute Gasteiger partial charge is 0.148 e. The van der Waals surface area contributed by atoms with Crippen molar-refractivity contribution in [3.05, 3.63) is 52.9 Å². The zero-order chi connectivity index (χ0) is 15.9. The van der Waals surface area contributed by atoms with Crippen LogP contribution >= 0.6 is 11.6 Å². The molecule has 4 nitrogen and oxygen atoms in total. The molecule has 0 amide bonds. The van der Waals surface area contributed by atoms with E-state index in [4.69, 9.17) is 11.6 Å². The van der Waals surface area contributed by atoms with Crippen LogP contribution in [0.4, 0.5) is 5.82 Å². The summed E-state index contributed by atoms with van der Waals surface area (Å²) in [5.74, 6) is 0.686. The summed E-state index contributed by atoms with van der Waals surface area (Å²) in [4.78, 5) is 10.7. The molecule has 5 heteroatoms. The summed E-state index contributed by atoms with van der Waals surface area (Å²) in [6.07, 6.45) is 8.49. The van der Waals surface area contributed by atoms with Gasteiger partial charge in [0.15, 0.2) is 0 Å². The Balaban J connectivity index is 1.66. The van der Waals surface area contributed by atoms with Gasteiger partial charge in [-0.3, -0.25) is 4.90 Å². The number of benzene rings is 1. The highest BCUT2D eigenvalue weighted by molar-refractivity contribution is 6.32. The summed E-state index contributed by atoms with van der Waals surface area (Å²) in [5.41, 5.74) is 2.68. The predicted octanol–water partition coefficient (Wildman–Crippen LogP) is 4.12. The molecule has 1 aromatic heterocycles. The maximum atomic E-state index is 6.11. The van der Waals surface area contributed by atoms with Crippen molar-refractivity contribution in [2.75, 3.05) is 18.4 Å². The topological polar surface area (TPSA) is 41.1 Å². The third-order valence-electron chi connectivity index (χ3n) is 4.32. The van der Waals surface area contributed by atoms with Gasteiger partial charge in [-0.2, -0.15) is 0 Å². The molecule has 0 aliphatic carbocycles. The fourth-order valence-corrected chi connectivity index (χ4v) is 3.21. The monoisotopic (exact) mass is 330 g/mol. The van der Waals surface area contributed by atoms with E-state index >= 15 is 0 Å². The van der Waals surface area contributed by atoms with E-state index in [9.17, 15) is 0 Å². The Morgan fingerprint density at radius 3 is 2.52 bits per heavy atom. The molecule has 2 aromatic rings. The lowest BCUT2D eigenvalue weighted by atomic mass is 10.1. The Kier molecular flexibility index (Phi) is 5.83. The number of hydrogen-bond acceptors (Lipinski definition) is 4. The van der Waals surface area contributed by atoms with E-state index in [1.807, 2.05) is 0 Å². The van der Waals surface area contributed by atoms with Gasteiger partial charge in [-0.05, 0) is 37.1 Å². The van der Waals surface area contributed by atoms with Crippen molar-refractivity contribution in [2.24, 2.45) is 0 Å². The van der Waals surface area contributed by atoms with Gasteiger partial charge < -0.3 is 5.32 Å². The fourth-order valence-electron chi connectivity index (χ4n) is 3.04. The molecule has 3 rings (SSSR count). The van der Waals surface area contributed by atoms with Crippen LogP contribution in [-0.4, -0.2) is 28.0 Å². The second-order valence-corrected chi connectivity index (χ2v) is 6.44. The van der Waals surface area contributed by atoms with Crippen molar-refractivity contribution in [1.29, 1.82) is 0 Å². The van der Waals surface area contributed by atoms with Crippen LogP contribution in [-0.2, 0) is 13.1 Å². The predicted molar refractivity (Wildman–Crippen MR) is 94.6 cm³/mol. The van der Waals surface area contributed by atoms with Gasteiger partial charge >= 0.3 is 0 Å². The Morgan fingerprint density at radius 1 is 1.04 bits per heavy atom. The summed E-state index contributed by atoms with van der Waals surface area (Å²) < 4.78 is 0. The Bertz CT molecular complexity index is 624. The summed E-state index contributed by atoms with van der Waals surface area (Å²) in [5, 5.41) is 3.87.